The number of furan rings is 1. The van der Waals surface area contributed by atoms with E-state index in [9.17, 15) is 34.5 Å². The van der Waals surface area contributed by atoms with Crippen LogP contribution in [0.2, 0.25) is 0 Å². The minimum absolute atomic E-state index is 0.214. The first-order valence-corrected chi connectivity index (χ1v) is 15.9. The van der Waals surface area contributed by atoms with Gasteiger partial charge < -0.3 is 48.2 Å². The van der Waals surface area contributed by atoms with Crippen LogP contribution >= 0.6 is 0 Å². The van der Waals surface area contributed by atoms with Gasteiger partial charge in [-0.3, -0.25) is 19.2 Å². The van der Waals surface area contributed by atoms with Gasteiger partial charge in [0.05, 0.1) is 49.1 Å². The Morgan fingerprint density at radius 2 is 1.73 bits per heavy atom. The molecule has 0 unspecified atom stereocenters. The van der Waals surface area contributed by atoms with Crippen LogP contribution in [0, 0.1) is 28.1 Å². The van der Waals surface area contributed by atoms with E-state index in [1.54, 1.807) is 27.7 Å². The van der Waals surface area contributed by atoms with Crippen molar-refractivity contribution in [2.45, 2.75) is 108 Å². The molecular formula is C33H42O15. The Morgan fingerprint density at radius 3 is 2.25 bits per heavy atom. The lowest BCUT2D eigenvalue weighted by atomic mass is 9.48. The van der Waals surface area contributed by atoms with E-state index < -0.39 is 124 Å². The number of esters is 4. The highest BCUT2D eigenvalue weighted by atomic mass is 16.7. The van der Waals surface area contributed by atoms with Crippen molar-refractivity contribution in [3.8, 4) is 0 Å². The van der Waals surface area contributed by atoms with Crippen LogP contribution in [0.3, 0.4) is 0 Å². The summed E-state index contributed by atoms with van der Waals surface area (Å²) in [5.74, 6) is -6.57. The Bertz CT molecular complexity index is 1550. The van der Waals surface area contributed by atoms with Crippen molar-refractivity contribution in [2.75, 3.05) is 13.7 Å². The highest BCUT2D eigenvalue weighted by molar-refractivity contribution is 5.99. The molecule has 0 amide bonds. The Labute approximate surface area is 276 Å². The normalized spacial score (nSPS) is 45.5. The maximum atomic E-state index is 15.5. The summed E-state index contributed by atoms with van der Waals surface area (Å²) in [6, 6.07) is 1.45. The maximum absolute atomic E-state index is 15.5. The van der Waals surface area contributed by atoms with Crippen LogP contribution in [-0.2, 0) is 52.4 Å². The maximum Gasteiger partial charge on any atom is 0.351 e. The van der Waals surface area contributed by atoms with Crippen LogP contribution in [0.5, 0.6) is 0 Å². The van der Waals surface area contributed by atoms with Crippen LogP contribution in [0.25, 0.3) is 0 Å². The molecule has 3 saturated heterocycles. The number of aliphatic hydroxyl groups is 3. The third-order valence-electron chi connectivity index (χ3n) is 12.0. The quantitative estimate of drug-likeness (QED) is 0.213. The summed E-state index contributed by atoms with van der Waals surface area (Å²) < 4.78 is 40.6. The molecule has 5 aliphatic rings. The molecule has 15 heteroatoms. The summed E-state index contributed by atoms with van der Waals surface area (Å²) in [5, 5.41) is 37.4. The number of methoxy groups -OCH3 is 1. The van der Waals surface area contributed by atoms with Crippen LogP contribution < -0.4 is 0 Å². The molecule has 1 aromatic heterocycles. The summed E-state index contributed by atoms with van der Waals surface area (Å²) in [4.78, 5) is 68.3. The van der Waals surface area contributed by atoms with Gasteiger partial charge in [-0.15, -0.1) is 0 Å². The number of cyclic esters (lactones) is 1. The van der Waals surface area contributed by atoms with E-state index in [0.29, 0.717) is 0 Å². The average molecular weight is 679 g/mol. The summed E-state index contributed by atoms with van der Waals surface area (Å²) in [7, 11) is 1.15. The number of epoxide rings is 1. The number of hydrogen-bond donors (Lipinski definition) is 3. The fourth-order valence-corrected chi connectivity index (χ4v) is 9.43. The third-order valence-corrected chi connectivity index (χ3v) is 12.0. The Kier molecular flexibility index (Phi) is 7.59. The van der Waals surface area contributed by atoms with Gasteiger partial charge in [0.25, 0.3) is 0 Å². The molecular weight excluding hydrogens is 636 g/mol. The molecule has 2 bridgehead atoms. The van der Waals surface area contributed by atoms with Gasteiger partial charge in [0.1, 0.15) is 18.3 Å². The second-order valence-electron chi connectivity index (χ2n) is 15.0. The molecule has 12 atom stereocenters. The minimum atomic E-state index is -2.90. The molecule has 15 nitrogen and oxygen atoms in total. The van der Waals surface area contributed by atoms with Gasteiger partial charge in [0, 0.05) is 18.9 Å². The monoisotopic (exact) mass is 678 g/mol. The molecule has 3 N–H and O–H groups in total. The van der Waals surface area contributed by atoms with Crippen molar-refractivity contribution >= 4 is 29.7 Å². The van der Waals surface area contributed by atoms with E-state index in [1.807, 2.05) is 0 Å². The molecule has 48 heavy (non-hydrogen) atoms. The standard InChI is InChI=1S/C33H42O15/c1-14(2)24(37)46-19-20(36)28(4,5)17(11-18(35)42-8)29(6)22(19)48-33-23(45-15(3)34)25(38)47-21(16-9-10-43-12-16)30(33,7)27(40)32(41,26(29)39)31(33)13-44-31/h9-10,12,14,17,19-23,27,36,40-41H,11,13H2,1-8H3/t17-,19-,20+,21-,22-,23+,27+,29-,30+,31+,32+,33+/m0/s1. The summed E-state index contributed by atoms with van der Waals surface area (Å²) in [5.41, 5.74) is -12.8. The first-order chi connectivity index (χ1) is 22.2. The Hall–Kier alpha value is -3.37. The number of Topliss-reactive ketones (excluding diaryl/α,β-unsaturated/α-hetero) is 1. The number of aliphatic hydroxyl groups excluding tert-OH is 2. The molecule has 2 saturated carbocycles. The fourth-order valence-electron chi connectivity index (χ4n) is 9.43. The molecule has 5 fully saturated rings. The van der Waals surface area contributed by atoms with E-state index in [2.05, 4.69) is 0 Å². The number of ketones is 1. The minimum Gasteiger partial charge on any atom is -0.472 e. The van der Waals surface area contributed by atoms with Gasteiger partial charge in [-0.05, 0) is 31.2 Å². The highest BCUT2D eigenvalue weighted by Crippen LogP contribution is 2.77. The lowest BCUT2D eigenvalue weighted by Crippen LogP contribution is -2.76. The van der Waals surface area contributed by atoms with Crippen LogP contribution in [0.4, 0.5) is 0 Å². The molecule has 4 heterocycles. The Morgan fingerprint density at radius 1 is 1.08 bits per heavy atom. The van der Waals surface area contributed by atoms with E-state index in [0.717, 1.165) is 14.0 Å². The molecule has 6 rings (SSSR count). The van der Waals surface area contributed by atoms with Crippen molar-refractivity contribution in [1.29, 1.82) is 0 Å². The van der Waals surface area contributed by atoms with Crippen molar-refractivity contribution in [3.05, 3.63) is 24.2 Å². The lowest BCUT2D eigenvalue weighted by molar-refractivity contribution is -0.330. The van der Waals surface area contributed by atoms with Gasteiger partial charge in [-0.2, -0.15) is 0 Å². The molecule has 1 aromatic rings. The summed E-state index contributed by atoms with van der Waals surface area (Å²) in [6.45, 7) is 9.64. The first-order valence-electron chi connectivity index (χ1n) is 15.9. The number of fused-ring (bicyclic) bond motifs is 1. The first kappa shape index (κ1) is 34.5. The summed E-state index contributed by atoms with van der Waals surface area (Å²) in [6.07, 6.45) is -8.52. The molecule has 3 aliphatic heterocycles. The predicted molar refractivity (Wildman–Crippen MR) is 156 cm³/mol. The predicted octanol–water partition coefficient (Wildman–Crippen LogP) is 0.551. The third kappa shape index (κ3) is 3.84. The number of rotatable bonds is 6. The number of ether oxygens (including phenoxy) is 6. The topological polar surface area (TPSA) is 218 Å². The molecule has 2 spiro atoms. The molecule has 0 aromatic carbocycles. The smallest absolute Gasteiger partial charge is 0.351 e. The second kappa shape index (κ2) is 10.6. The van der Waals surface area contributed by atoms with Crippen molar-refractivity contribution < 1.29 is 72.1 Å². The van der Waals surface area contributed by atoms with Gasteiger partial charge in [-0.25, -0.2) is 4.79 Å². The molecule has 264 valence electrons. The van der Waals surface area contributed by atoms with Crippen molar-refractivity contribution in [1.82, 2.24) is 0 Å². The zero-order chi connectivity index (χ0) is 35.6. The van der Waals surface area contributed by atoms with E-state index in [1.165, 1.54) is 32.4 Å². The van der Waals surface area contributed by atoms with Crippen LogP contribution in [-0.4, -0.2) is 106 Å². The van der Waals surface area contributed by atoms with Gasteiger partial charge in [0.2, 0.25) is 6.10 Å². The van der Waals surface area contributed by atoms with E-state index in [-0.39, 0.29) is 5.56 Å². The average Bonchev–Trinajstić information content (AvgIpc) is 3.65. The Balaban J connectivity index is 1.70. The van der Waals surface area contributed by atoms with Gasteiger partial charge in [-0.1, -0.05) is 27.7 Å². The zero-order valence-electron chi connectivity index (χ0n) is 28.0. The van der Waals surface area contributed by atoms with Crippen LogP contribution in [0.1, 0.15) is 66.6 Å². The van der Waals surface area contributed by atoms with E-state index >= 15 is 4.79 Å². The SMILES string of the molecule is COC(=O)C[C@H]1C(C)(C)[C@H](O)[C@H](OC(=O)C(C)C)[C@@H]2O[C@]34[C@H](OC(C)=O)C(=O)O[C@@H](c5ccoc5)[C@]3(C)[C@@H](O)[C@](O)(C(=O)[C@]21C)[C@]41CO1. The largest absolute Gasteiger partial charge is 0.472 e. The lowest BCUT2D eigenvalue weighted by Gasteiger charge is -2.62. The van der Waals surface area contributed by atoms with Crippen molar-refractivity contribution in [3.63, 3.8) is 0 Å². The summed E-state index contributed by atoms with van der Waals surface area (Å²) >= 11 is 0. The number of hydrogen-bond acceptors (Lipinski definition) is 15. The second-order valence-corrected chi connectivity index (χ2v) is 15.0. The van der Waals surface area contributed by atoms with E-state index in [4.69, 9.17) is 32.8 Å². The van der Waals surface area contributed by atoms with Gasteiger partial charge in [0.15, 0.2) is 28.7 Å². The molecule has 0 radical (unpaired) electrons. The molecule has 2 aliphatic carbocycles. The number of carbonyl (C=O) groups excluding carboxylic acids is 5. The van der Waals surface area contributed by atoms with Crippen LogP contribution in [0.15, 0.2) is 23.0 Å². The highest BCUT2D eigenvalue weighted by Gasteiger charge is 2.98. The van der Waals surface area contributed by atoms with Gasteiger partial charge >= 0.3 is 23.9 Å². The van der Waals surface area contributed by atoms with Crippen molar-refractivity contribution in [2.24, 2.45) is 28.1 Å². The zero-order valence-corrected chi connectivity index (χ0v) is 28.0. The fraction of sp³-hybridized carbons (Fsp3) is 0.727. The number of carbonyl (C=O) groups is 5.